The molecule has 0 spiro atoms. The number of aromatic hydroxyl groups is 1. The highest BCUT2D eigenvalue weighted by Gasteiger charge is 2.21. The van der Waals surface area contributed by atoms with E-state index in [2.05, 4.69) is 43.6 Å². The Morgan fingerprint density at radius 1 is 1.15 bits per heavy atom. The number of anilines is 1. The average molecular weight is 442 g/mol. The van der Waals surface area contributed by atoms with Gasteiger partial charge in [0.15, 0.2) is 5.65 Å². The number of aromatic amines is 1. The summed E-state index contributed by atoms with van der Waals surface area (Å²) in [6, 6.07) is 14.5. The van der Waals surface area contributed by atoms with E-state index in [-0.39, 0.29) is 12.2 Å². The first-order valence-corrected chi connectivity index (χ1v) is 10.9. The number of H-pyrrole nitrogens is 1. The van der Waals surface area contributed by atoms with Gasteiger partial charge >= 0.3 is 0 Å². The maximum atomic E-state index is 14.4. The molecular formula is C25H23FN6O. The van der Waals surface area contributed by atoms with Crippen molar-refractivity contribution in [1.82, 2.24) is 20.5 Å². The average Bonchev–Trinajstić information content (AvgIpc) is 3.21. The molecule has 3 heterocycles. The molecule has 0 unspecified atom stereocenters. The summed E-state index contributed by atoms with van der Waals surface area (Å²) >= 11 is 0. The van der Waals surface area contributed by atoms with E-state index in [1.807, 2.05) is 19.1 Å². The first kappa shape index (κ1) is 20.9. The van der Waals surface area contributed by atoms with E-state index in [1.54, 1.807) is 0 Å². The zero-order valence-corrected chi connectivity index (χ0v) is 18.2. The Labute approximate surface area is 190 Å². The van der Waals surface area contributed by atoms with E-state index in [0.717, 1.165) is 60.1 Å². The van der Waals surface area contributed by atoms with Crippen molar-refractivity contribution < 1.29 is 9.50 Å². The molecule has 1 aliphatic heterocycles. The summed E-state index contributed by atoms with van der Waals surface area (Å²) in [7, 11) is 0. The van der Waals surface area contributed by atoms with E-state index in [0.29, 0.717) is 22.5 Å². The lowest BCUT2D eigenvalue weighted by Gasteiger charge is -2.29. The highest BCUT2D eigenvalue weighted by Crippen LogP contribution is 2.35. The van der Waals surface area contributed by atoms with Crippen LogP contribution in [0.2, 0.25) is 0 Å². The Kier molecular flexibility index (Phi) is 5.40. The topological polar surface area (TPSA) is 101 Å². The Morgan fingerprint density at radius 3 is 2.61 bits per heavy atom. The minimum atomic E-state index is -0.541. The number of pyridine rings is 1. The third kappa shape index (κ3) is 3.88. The standard InChI is InChI=1S/C25H23FN6O/c1-15-23-24(16-2-5-18(6-3-16)32-10-8-28-9-11-32)20(14-27)22(29-25(23)31-30-15)12-17-4-7-19(33)13-21(17)26/h2-7,13,28,33H,8-12H2,1H3,(H,29,30,31). The van der Waals surface area contributed by atoms with Crippen LogP contribution in [0.4, 0.5) is 10.1 Å². The molecule has 2 aromatic carbocycles. The first-order chi connectivity index (χ1) is 16.0. The van der Waals surface area contributed by atoms with Gasteiger partial charge in [-0.3, -0.25) is 5.10 Å². The Balaban J connectivity index is 1.63. The number of hydrogen-bond donors (Lipinski definition) is 3. The molecular weight excluding hydrogens is 419 g/mol. The first-order valence-electron chi connectivity index (χ1n) is 10.9. The van der Waals surface area contributed by atoms with Crippen molar-refractivity contribution in [2.75, 3.05) is 31.1 Å². The minimum absolute atomic E-state index is 0.114. The lowest BCUT2D eigenvalue weighted by Crippen LogP contribution is -2.43. The number of nitrogens with zero attached hydrogens (tertiary/aromatic N) is 4. The SMILES string of the molecule is Cc1[nH]nc2nc(Cc3ccc(O)cc3F)c(C#N)c(-c3ccc(N4CCNCC4)cc3)c12. The Hall–Kier alpha value is -3.96. The lowest BCUT2D eigenvalue weighted by molar-refractivity contribution is 0.468. The fraction of sp³-hybridized carbons (Fsp3) is 0.240. The second-order valence-corrected chi connectivity index (χ2v) is 8.20. The third-order valence-electron chi connectivity index (χ3n) is 6.10. The Morgan fingerprint density at radius 2 is 1.91 bits per heavy atom. The molecule has 166 valence electrons. The number of benzene rings is 2. The number of phenols is 1. The zero-order valence-electron chi connectivity index (χ0n) is 18.2. The van der Waals surface area contributed by atoms with Crippen LogP contribution in [0.5, 0.6) is 5.75 Å². The van der Waals surface area contributed by atoms with E-state index in [4.69, 9.17) is 0 Å². The summed E-state index contributed by atoms with van der Waals surface area (Å²) in [6.45, 7) is 5.71. The zero-order chi connectivity index (χ0) is 22.9. The number of fused-ring (bicyclic) bond motifs is 1. The van der Waals surface area contributed by atoms with Crippen LogP contribution in [0.3, 0.4) is 0 Å². The van der Waals surface area contributed by atoms with Crippen LogP contribution < -0.4 is 10.2 Å². The molecule has 4 aromatic rings. The lowest BCUT2D eigenvalue weighted by atomic mass is 9.93. The molecule has 1 aliphatic rings. The number of nitrogens with one attached hydrogen (secondary N) is 2. The van der Waals surface area contributed by atoms with Crippen molar-refractivity contribution in [3.8, 4) is 22.9 Å². The van der Waals surface area contributed by atoms with Crippen LogP contribution in [0, 0.1) is 24.1 Å². The van der Waals surface area contributed by atoms with Gasteiger partial charge in [0, 0.05) is 55.6 Å². The van der Waals surface area contributed by atoms with E-state index in [9.17, 15) is 14.8 Å². The number of phenolic OH excluding ortho intramolecular Hbond substituents is 1. The maximum Gasteiger partial charge on any atom is 0.182 e. The molecule has 0 amide bonds. The molecule has 5 rings (SSSR count). The number of aryl methyl sites for hydroxylation is 1. The predicted octanol–water partition coefficient (Wildman–Crippen LogP) is 3.65. The van der Waals surface area contributed by atoms with Crippen molar-refractivity contribution in [3.63, 3.8) is 0 Å². The van der Waals surface area contributed by atoms with Gasteiger partial charge in [-0.1, -0.05) is 18.2 Å². The number of nitriles is 1. The number of piperazine rings is 1. The molecule has 0 aliphatic carbocycles. The third-order valence-corrected chi connectivity index (χ3v) is 6.10. The molecule has 1 fully saturated rings. The predicted molar refractivity (Wildman–Crippen MR) is 125 cm³/mol. The van der Waals surface area contributed by atoms with Crippen LogP contribution in [0.15, 0.2) is 42.5 Å². The second-order valence-electron chi connectivity index (χ2n) is 8.20. The molecule has 3 N–H and O–H groups in total. The van der Waals surface area contributed by atoms with Gasteiger partial charge in [-0.25, -0.2) is 9.37 Å². The van der Waals surface area contributed by atoms with Crippen LogP contribution in [0.1, 0.15) is 22.5 Å². The molecule has 8 heteroatoms. The molecule has 0 atom stereocenters. The monoisotopic (exact) mass is 442 g/mol. The molecule has 0 radical (unpaired) electrons. The van der Waals surface area contributed by atoms with Crippen LogP contribution in [0.25, 0.3) is 22.2 Å². The smallest absolute Gasteiger partial charge is 0.182 e. The fourth-order valence-corrected chi connectivity index (χ4v) is 4.41. The van der Waals surface area contributed by atoms with Crippen LogP contribution in [-0.4, -0.2) is 46.5 Å². The molecule has 33 heavy (non-hydrogen) atoms. The summed E-state index contributed by atoms with van der Waals surface area (Å²) < 4.78 is 14.4. The number of halogens is 1. The van der Waals surface area contributed by atoms with Gasteiger partial charge in [-0.15, -0.1) is 0 Å². The largest absolute Gasteiger partial charge is 0.508 e. The molecule has 0 saturated carbocycles. The van der Waals surface area contributed by atoms with Crippen LogP contribution >= 0.6 is 0 Å². The Bertz CT molecular complexity index is 1370. The van der Waals surface area contributed by atoms with Gasteiger partial charge in [0.05, 0.1) is 16.6 Å². The highest BCUT2D eigenvalue weighted by atomic mass is 19.1. The number of hydrogen-bond acceptors (Lipinski definition) is 6. The summed E-state index contributed by atoms with van der Waals surface area (Å²) in [5, 5.41) is 31.1. The van der Waals surface area contributed by atoms with Gasteiger partial charge in [-0.05, 0) is 36.2 Å². The second kappa shape index (κ2) is 8.52. The van der Waals surface area contributed by atoms with Crippen molar-refractivity contribution >= 4 is 16.7 Å². The molecule has 1 saturated heterocycles. The van der Waals surface area contributed by atoms with Crippen molar-refractivity contribution in [2.45, 2.75) is 13.3 Å². The van der Waals surface area contributed by atoms with Gasteiger partial charge in [0.2, 0.25) is 0 Å². The summed E-state index contributed by atoms with van der Waals surface area (Å²) in [6.07, 6.45) is 0.114. The molecule has 2 aromatic heterocycles. The quantitative estimate of drug-likeness (QED) is 0.446. The summed E-state index contributed by atoms with van der Waals surface area (Å²) in [5.41, 5.74) is 5.27. The maximum absolute atomic E-state index is 14.4. The van der Waals surface area contributed by atoms with Crippen molar-refractivity contribution in [2.24, 2.45) is 0 Å². The van der Waals surface area contributed by atoms with Crippen molar-refractivity contribution in [3.05, 3.63) is 70.8 Å². The summed E-state index contributed by atoms with van der Waals surface area (Å²) in [4.78, 5) is 6.92. The fourth-order valence-electron chi connectivity index (χ4n) is 4.41. The van der Waals surface area contributed by atoms with Crippen molar-refractivity contribution in [1.29, 1.82) is 5.26 Å². The normalized spacial score (nSPS) is 13.9. The van der Waals surface area contributed by atoms with Gasteiger partial charge in [0.25, 0.3) is 0 Å². The molecule has 0 bridgehead atoms. The molecule has 7 nitrogen and oxygen atoms in total. The number of aromatic nitrogens is 3. The van der Waals surface area contributed by atoms with E-state index >= 15 is 0 Å². The van der Waals surface area contributed by atoms with Crippen LogP contribution in [-0.2, 0) is 6.42 Å². The van der Waals surface area contributed by atoms with E-state index in [1.165, 1.54) is 12.1 Å². The minimum Gasteiger partial charge on any atom is -0.508 e. The van der Waals surface area contributed by atoms with Gasteiger partial charge in [0.1, 0.15) is 17.6 Å². The van der Waals surface area contributed by atoms with Gasteiger partial charge < -0.3 is 15.3 Å². The highest BCUT2D eigenvalue weighted by molar-refractivity contribution is 5.98. The number of rotatable bonds is 4. The van der Waals surface area contributed by atoms with Gasteiger partial charge in [-0.2, -0.15) is 10.4 Å². The van der Waals surface area contributed by atoms with E-state index < -0.39 is 5.82 Å². The summed E-state index contributed by atoms with van der Waals surface area (Å²) in [5.74, 6) is -0.686.